The molecule has 0 saturated carbocycles. The Hall–Kier alpha value is -3.11. The van der Waals surface area contributed by atoms with Gasteiger partial charge in [-0.05, 0) is 24.6 Å². The van der Waals surface area contributed by atoms with E-state index in [1.54, 1.807) is 6.92 Å². The smallest absolute Gasteiger partial charge is 0.425 e. The highest BCUT2D eigenvalue weighted by molar-refractivity contribution is 5.95. The van der Waals surface area contributed by atoms with E-state index in [0.29, 0.717) is 5.69 Å². The molecule has 0 radical (unpaired) electrons. The van der Waals surface area contributed by atoms with Crippen LogP contribution < -0.4 is 5.73 Å². The molecule has 0 aliphatic carbocycles. The van der Waals surface area contributed by atoms with Gasteiger partial charge >= 0.3 is 6.18 Å². The Morgan fingerprint density at radius 1 is 1.30 bits per heavy atom. The minimum absolute atomic E-state index is 0.0668. The highest BCUT2D eigenvalue weighted by atomic mass is 19.4. The summed E-state index contributed by atoms with van der Waals surface area (Å²) in [5.41, 5.74) is 3.59. The molecule has 6 nitrogen and oxygen atoms in total. The Labute approximate surface area is 168 Å². The highest BCUT2D eigenvalue weighted by Gasteiger charge is 2.52. The molecule has 0 amide bonds. The molecule has 2 heterocycles. The van der Waals surface area contributed by atoms with E-state index in [9.17, 15) is 26.7 Å². The number of hydrogen-bond donors (Lipinski definition) is 1. The predicted molar refractivity (Wildman–Crippen MR) is 96.0 cm³/mol. The molecule has 0 bridgehead atoms. The minimum Gasteiger partial charge on any atom is -0.452 e. The summed E-state index contributed by atoms with van der Waals surface area (Å²) in [7, 11) is 0. The van der Waals surface area contributed by atoms with Crippen molar-refractivity contribution in [3.63, 3.8) is 0 Å². The van der Waals surface area contributed by atoms with Crippen LogP contribution in [-0.2, 0) is 16.7 Å². The number of amidine groups is 1. The summed E-state index contributed by atoms with van der Waals surface area (Å²) in [5.74, 6) is -1.42. The van der Waals surface area contributed by atoms with E-state index in [4.69, 9.17) is 5.73 Å². The van der Waals surface area contributed by atoms with Crippen molar-refractivity contribution < 1.29 is 31.5 Å². The van der Waals surface area contributed by atoms with Crippen molar-refractivity contribution in [2.45, 2.75) is 37.6 Å². The number of Topliss-reactive ketones (excluding diaryl/α,β-unsaturated/α-hetero) is 1. The molecule has 0 fully saturated rings. The number of nitrogens with two attached hydrogens (primary N) is 1. The lowest BCUT2D eigenvalue weighted by Crippen LogP contribution is -2.48. The van der Waals surface area contributed by atoms with Gasteiger partial charge in [-0.2, -0.15) is 13.2 Å². The first-order valence-electron chi connectivity index (χ1n) is 8.79. The maximum Gasteiger partial charge on any atom is 0.425 e. The van der Waals surface area contributed by atoms with Crippen LogP contribution in [0.1, 0.15) is 33.7 Å². The molecule has 2 atom stereocenters. The van der Waals surface area contributed by atoms with Crippen LogP contribution in [0.25, 0.3) is 0 Å². The molecule has 160 valence electrons. The van der Waals surface area contributed by atoms with E-state index in [1.165, 1.54) is 18.5 Å². The molecular weight excluding hydrogens is 411 g/mol. The second-order valence-electron chi connectivity index (χ2n) is 6.92. The molecule has 0 saturated heterocycles. The predicted octanol–water partition coefficient (Wildman–Crippen LogP) is 3.18. The number of halogens is 5. The number of aromatic nitrogens is 2. The Kier molecular flexibility index (Phi) is 5.73. The third kappa shape index (κ3) is 4.39. The van der Waals surface area contributed by atoms with Crippen molar-refractivity contribution >= 4 is 11.8 Å². The lowest BCUT2D eigenvalue weighted by Gasteiger charge is -2.36. The second-order valence-corrected chi connectivity index (χ2v) is 6.92. The monoisotopic (exact) mass is 428 g/mol. The van der Waals surface area contributed by atoms with E-state index >= 15 is 0 Å². The molecule has 3 rings (SSSR count). The van der Waals surface area contributed by atoms with E-state index in [-0.39, 0.29) is 17.7 Å². The average Bonchev–Trinajstić information content (AvgIpc) is 2.68. The number of hydrogen-bond acceptors (Lipinski definition) is 6. The first-order chi connectivity index (χ1) is 14.0. The molecule has 30 heavy (non-hydrogen) atoms. The van der Waals surface area contributed by atoms with Crippen LogP contribution in [0.15, 0.2) is 35.6 Å². The fourth-order valence-corrected chi connectivity index (χ4v) is 3.14. The van der Waals surface area contributed by atoms with Crippen molar-refractivity contribution in [1.29, 1.82) is 0 Å². The third-order valence-corrected chi connectivity index (χ3v) is 4.66. The number of aliphatic imine (C=N–C) groups is 1. The van der Waals surface area contributed by atoms with Gasteiger partial charge in [0, 0.05) is 24.6 Å². The van der Waals surface area contributed by atoms with Crippen LogP contribution in [0, 0.1) is 12.7 Å². The zero-order chi connectivity index (χ0) is 22.1. The highest BCUT2D eigenvalue weighted by Crippen LogP contribution is 2.41. The van der Waals surface area contributed by atoms with Gasteiger partial charge in [-0.3, -0.25) is 9.78 Å². The maximum absolute atomic E-state index is 14.5. The first kappa shape index (κ1) is 21.6. The Morgan fingerprint density at radius 3 is 2.63 bits per heavy atom. The number of rotatable bonds is 5. The number of carbonyl (C=O) groups is 1. The van der Waals surface area contributed by atoms with Crippen molar-refractivity contribution in [3.8, 4) is 0 Å². The van der Waals surface area contributed by atoms with Crippen LogP contribution in [0.5, 0.6) is 0 Å². The van der Waals surface area contributed by atoms with Crippen LogP contribution in [-0.4, -0.2) is 40.7 Å². The summed E-state index contributed by atoms with van der Waals surface area (Å²) < 4.78 is 72.5. The Bertz CT molecular complexity index is 978. The zero-order valence-corrected chi connectivity index (χ0v) is 15.7. The SMILES string of the molecule is Cc1cnc(C(=O)Cc2ccc(F)c([C@]3(CF)C[C@@H](C(F)(F)F)OC(N)=N3)c2)cn1. The lowest BCUT2D eigenvalue weighted by atomic mass is 9.83. The molecule has 1 aromatic carbocycles. The van der Waals surface area contributed by atoms with Gasteiger partial charge in [0.25, 0.3) is 6.02 Å². The number of nitrogens with zero attached hydrogens (tertiary/aromatic N) is 3. The van der Waals surface area contributed by atoms with Crippen LogP contribution in [0.2, 0.25) is 0 Å². The van der Waals surface area contributed by atoms with Gasteiger partial charge in [-0.25, -0.2) is 18.8 Å². The Morgan fingerprint density at radius 2 is 2.03 bits per heavy atom. The van der Waals surface area contributed by atoms with Crippen molar-refractivity contribution in [2.24, 2.45) is 10.7 Å². The standard InChI is InChI=1S/C19H17F5N4O2/c1-10-7-27-14(8-26-10)15(29)5-11-2-3-13(21)12(4-11)18(9-20)6-16(19(22,23)24)30-17(25)28-18/h2-4,7-8,16H,5-6,9H2,1H3,(H2,25,28)/t16-,18+/m0/s1. The quantitative estimate of drug-likeness (QED) is 0.584. The number of alkyl halides is 4. The number of ketones is 1. The van der Waals surface area contributed by atoms with E-state index in [2.05, 4.69) is 19.7 Å². The fraction of sp³-hybridized carbons (Fsp3) is 0.368. The molecular formula is C19H17F5N4O2. The molecule has 2 N–H and O–H groups in total. The van der Waals surface area contributed by atoms with Gasteiger partial charge < -0.3 is 10.5 Å². The maximum atomic E-state index is 14.5. The summed E-state index contributed by atoms with van der Waals surface area (Å²) in [6, 6.07) is 2.44. The summed E-state index contributed by atoms with van der Waals surface area (Å²) >= 11 is 0. The van der Waals surface area contributed by atoms with Crippen molar-refractivity contribution in [3.05, 3.63) is 58.9 Å². The zero-order valence-electron chi connectivity index (χ0n) is 15.7. The molecule has 2 aromatic rings. The minimum atomic E-state index is -4.85. The normalized spacial score (nSPS) is 21.7. The number of carbonyl (C=O) groups excluding carboxylic acids is 1. The largest absolute Gasteiger partial charge is 0.452 e. The number of benzene rings is 1. The van der Waals surface area contributed by atoms with E-state index in [0.717, 1.165) is 12.1 Å². The number of ether oxygens (including phenoxy) is 1. The van der Waals surface area contributed by atoms with Gasteiger partial charge in [-0.15, -0.1) is 0 Å². The summed E-state index contributed by atoms with van der Waals surface area (Å²) in [5, 5.41) is 0. The lowest BCUT2D eigenvalue weighted by molar-refractivity contribution is -0.209. The molecule has 0 spiro atoms. The fourth-order valence-electron chi connectivity index (χ4n) is 3.14. The van der Waals surface area contributed by atoms with Crippen molar-refractivity contribution in [2.75, 3.05) is 6.67 Å². The molecule has 1 aromatic heterocycles. The van der Waals surface area contributed by atoms with Gasteiger partial charge in [-0.1, -0.05) is 6.07 Å². The summed E-state index contributed by atoms with van der Waals surface area (Å²) in [6.45, 7) is 0.250. The van der Waals surface area contributed by atoms with Crippen LogP contribution in [0.3, 0.4) is 0 Å². The second kappa shape index (κ2) is 7.96. The average molecular weight is 428 g/mol. The van der Waals surface area contributed by atoms with Crippen LogP contribution in [0.4, 0.5) is 22.0 Å². The number of aryl methyl sites for hydroxylation is 1. The van der Waals surface area contributed by atoms with E-state index < -0.39 is 54.1 Å². The molecule has 1 aliphatic rings. The molecule has 0 unspecified atom stereocenters. The summed E-state index contributed by atoms with van der Waals surface area (Å²) in [4.78, 5) is 24.0. The first-order valence-corrected chi connectivity index (χ1v) is 8.79. The van der Waals surface area contributed by atoms with Gasteiger partial charge in [0.2, 0.25) is 0 Å². The van der Waals surface area contributed by atoms with Crippen LogP contribution >= 0.6 is 0 Å². The Balaban J connectivity index is 1.96. The summed E-state index contributed by atoms with van der Waals surface area (Å²) in [6.07, 6.45) is -5.86. The molecule has 1 aliphatic heterocycles. The van der Waals surface area contributed by atoms with Gasteiger partial charge in [0.05, 0.1) is 11.9 Å². The molecule has 11 heteroatoms. The van der Waals surface area contributed by atoms with Gasteiger partial charge in [0.15, 0.2) is 11.9 Å². The third-order valence-electron chi connectivity index (χ3n) is 4.66. The van der Waals surface area contributed by atoms with Gasteiger partial charge in [0.1, 0.15) is 23.7 Å². The topological polar surface area (TPSA) is 90.5 Å². The van der Waals surface area contributed by atoms with E-state index in [1.807, 2.05) is 0 Å². The van der Waals surface area contributed by atoms with Crippen molar-refractivity contribution in [1.82, 2.24) is 9.97 Å².